The number of phosphoric acid groups is 3. The number of carbonyl (C=O) groups is 1. The first-order valence-electron chi connectivity index (χ1n) is 11.2. The third-order valence-electron chi connectivity index (χ3n) is 4.61. The van der Waals surface area contributed by atoms with Crippen molar-refractivity contribution in [2.75, 3.05) is 36.9 Å². The van der Waals surface area contributed by atoms with Crippen molar-refractivity contribution in [3.05, 3.63) is 22.2 Å². The number of aliphatic hydroxyl groups is 1. The average molecular weight is 683 g/mol. The highest BCUT2D eigenvalue weighted by atomic mass is 33.1. The van der Waals surface area contributed by atoms with E-state index in [-0.39, 0.29) is 36.7 Å². The SMILES string of the molecule is NCCSSCCC(=O)NCC#Cc1cn([C@H]2C[C@H](O)[C@@H](COP(=O)(O)OP(=O)(O)OP(=O)(O)O)O2)c(=O)nc1N. The standard InChI is InChI=1S/C17H28N5O14P3S2/c18-4-7-41-40-6-3-14(24)20-5-1-2-11-9-22(17(25)21-16(11)19)15-8-12(23)13(34-15)10-33-38(29,30)36-39(31,32)35-37(26,27)28/h9,12-13,15,23H,3-8,10,18H2,(H,20,24)(H,29,30)(H,31,32)(H2,19,21,25)(H2,26,27,28)/t12-,13+,15+/m0/s1. The molecule has 10 N–H and O–H groups in total. The van der Waals surface area contributed by atoms with Crippen molar-refractivity contribution in [1.29, 1.82) is 0 Å². The van der Waals surface area contributed by atoms with Gasteiger partial charge in [-0.25, -0.2) is 18.5 Å². The molecule has 0 radical (unpaired) electrons. The summed E-state index contributed by atoms with van der Waals surface area (Å²) in [6.45, 7) is -0.387. The van der Waals surface area contributed by atoms with Gasteiger partial charge in [0.2, 0.25) is 5.91 Å². The summed E-state index contributed by atoms with van der Waals surface area (Å²) >= 11 is 0. The van der Waals surface area contributed by atoms with Crippen LogP contribution in [-0.2, 0) is 36.4 Å². The number of anilines is 1. The highest BCUT2D eigenvalue weighted by Gasteiger charge is 2.43. The average Bonchev–Trinajstić information content (AvgIpc) is 3.19. The van der Waals surface area contributed by atoms with Gasteiger partial charge in [0, 0.05) is 37.1 Å². The van der Waals surface area contributed by atoms with Gasteiger partial charge in [-0.15, -0.1) is 0 Å². The minimum absolute atomic E-state index is 0.0146. The van der Waals surface area contributed by atoms with Crippen LogP contribution in [-0.4, -0.2) is 83.5 Å². The van der Waals surface area contributed by atoms with E-state index in [1.807, 2.05) is 0 Å². The number of amides is 1. The minimum atomic E-state index is -5.73. The van der Waals surface area contributed by atoms with Gasteiger partial charge in [0.1, 0.15) is 18.1 Å². The number of ether oxygens (including phenoxy) is 1. The molecular formula is C17H28N5O14P3S2. The van der Waals surface area contributed by atoms with E-state index >= 15 is 0 Å². The highest BCUT2D eigenvalue weighted by molar-refractivity contribution is 8.76. The lowest BCUT2D eigenvalue weighted by molar-refractivity contribution is -0.120. The van der Waals surface area contributed by atoms with Crippen LogP contribution in [0.5, 0.6) is 0 Å². The molecule has 2 rings (SSSR count). The summed E-state index contributed by atoms with van der Waals surface area (Å²) in [4.78, 5) is 63.8. The van der Waals surface area contributed by atoms with E-state index < -0.39 is 54.2 Å². The zero-order valence-corrected chi connectivity index (χ0v) is 25.2. The normalized spacial score (nSPS) is 21.9. The first-order chi connectivity index (χ1) is 19.0. The van der Waals surface area contributed by atoms with Gasteiger partial charge in [0.15, 0.2) is 0 Å². The first kappa shape index (κ1) is 35.9. The van der Waals surface area contributed by atoms with Gasteiger partial charge in [0.05, 0.1) is 24.8 Å². The number of nitrogen functional groups attached to an aromatic ring is 1. The monoisotopic (exact) mass is 683 g/mol. The highest BCUT2D eigenvalue weighted by Crippen LogP contribution is 2.66. The first-order valence-corrected chi connectivity index (χ1v) is 18.2. The molecule has 1 fully saturated rings. The molecule has 0 bridgehead atoms. The smallest absolute Gasteiger partial charge is 0.390 e. The summed E-state index contributed by atoms with van der Waals surface area (Å²) in [5.74, 6) is 6.30. The van der Waals surface area contributed by atoms with Crippen LogP contribution >= 0.6 is 45.1 Å². The summed E-state index contributed by atoms with van der Waals surface area (Å²) in [5.41, 5.74) is 10.4. The number of nitrogens with two attached hydrogens (primary N) is 2. The molecule has 24 heteroatoms. The molecule has 1 amide bonds. The summed E-state index contributed by atoms with van der Waals surface area (Å²) in [7, 11) is -13.7. The summed E-state index contributed by atoms with van der Waals surface area (Å²) in [5, 5.41) is 12.9. The Hall–Kier alpha value is -1.30. The van der Waals surface area contributed by atoms with E-state index in [1.54, 1.807) is 10.8 Å². The van der Waals surface area contributed by atoms with Crippen LogP contribution in [0.25, 0.3) is 0 Å². The molecular weight excluding hydrogens is 655 g/mol. The van der Waals surface area contributed by atoms with Crippen molar-refractivity contribution in [1.82, 2.24) is 14.9 Å². The lowest BCUT2D eigenvalue weighted by Gasteiger charge is -2.19. The second-order valence-electron chi connectivity index (χ2n) is 7.81. The van der Waals surface area contributed by atoms with Crippen LogP contribution in [0.2, 0.25) is 0 Å². The van der Waals surface area contributed by atoms with Crippen molar-refractivity contribution in [3.63, 3.8) is 0 Å². The van der Waals surface area contributed by atoms with E-state index in [0.717, 1.165) is 10.3 Å². The van der Waals surface area contributed by atoms with Gasteiger partial charge in [-0.05, 0) is 0 Å². The second-order valence-corrected chi connectivity index (χ2v) is 14.9. The molecule has 2 unspecified atom stereocenters. The molecule has 0 aromatic carbocycles. The fourth-order valence-electron chi connectivity index (χ4n) is 2.96. The number of rotatable bonds is 15. The molecule has 41 heavy (non-hydrogen) atoms. The molecule has 1 aromatic heterocycles. The van der Waals surface area contributed by atoms with Crippen LogP contribution in [0, 0.1) is 11.8 Å². The van der Waals surface area contributed by atoms with Crippen molar-refractivity contribution in [3.8, 4) is 11.8 Å². The topological polar surface area (TPSA) is 305 Å². The van der Waals surface area contributed by atoms with E-state index in [4.69, 9.17) is 26.0 Å². The molecule has 1 aromatic rings. The Labute approximate surface area is 240 Å². The predicted octanol–water partition coefficient (Wildman–Crippen LogP) is -0.985. The third kappa shape index (κ3) is 13.3. The Kier molecular flexibility index (Phi) is 14.0. The number of carbonyl (C=O) groups excluding carboxylic acids is 1. The Morgan fingerprint density at radius 1 is 1.20 bits per heavy atom. The number of aromatic nitrogens is 2. The summed E-state index contributed by atoms with van der Waals surface area (Å²) < 4.78 is 52.1. The summed E-state index contributed by atoms with van der Waals surface area (Å²) in [6, 6.07) is 0. The zero-order chi connectivity index (χ0) is 30.8. The van der Waals surface area contributed by atoms with Gasteiger partial charge in [-0.1, -0.05) is 33.4 Å². The number of phosphoric ester groups is 1. The lowest BCUT2D eigenvalue weighted by Crippen LogP contribution is -2.29. The van der Waals surface area contributed by atoms with E-state index in [1.165, 1.54) is 17.0 Å². The number of nitrogens with zero attached hydrogens (tertiary/aromatic N) is 2. The van der Waals surface area contributed by atoms with Crippen molar-refractivity contribution < 1.29 is 61.1 Å². The van der Waals surface area contributed by atoms with Gasteiger partial charge >= 0.3 is 29.2 Å². The van der Waals surface area contributed by atoms with Gasteiger partial charge in [-0.3, -0.25) is 13.9 Å². The maximum atomic E-state index is 12.4. The molecule has 1 saturated heterocycles. The molecule has 5 atom stereocenters. The lowest BCUT2D eigenvalue weighted by atomic mass is 10.2. The molecule has 0 aliphatic carbocycles. The third-order valence-corrected chi connectivity index (χ3v) is 10.8. The van der Waals surface area contributed by atoms with Crippen LogP contribution in [0.4, 0.5) is 5.82 Å². The second kappa shape index (κ2) is 16.0. The molecule has 0 saturated carbocycles. The summed E-state index contributed by atoms with van der Waals surface area (Å²) in [6.07, 6.45) is -2.68. The number of aliphatic hydroxyl groups excluding tert-OH is 1. The number of nitrogens with one attached hydrogen (secondary N) is 1. The van der Waals surface area contributed by atoms with E-state index in [2.05, 4.69) is 35.3 Å². The van der Waals surface area contributed by atoms with Gasteiger partial charge in [0.25, 0.3) is 0 Å². The maximum Gasteiger partial charge on any atom is 0.490 e. The molecule has 1 aliphatic heterocycles. The molecule has 1 aliphatic rings. The molecule has 232 valence electrons. The molecule has 0 spiro atoms. The van der Waals surface area contributed by atoms with Crippen LogP contribution in [0.1, 0.15) is 24.6 Å². The molecule has 19 nitrogen and oxygen atoms in total. The fraction of sp³-hybridized carbons (Fsp3) is 0.588. The quantitative estimate of drug-likeness (QED) is 0.0476. The number of hydrogen-bond donors (Lipinski definition) is 8. The fourth-order valence-corrected chi connectivity index (χ4v) is 7.84. The number of hydrogen-bond acceptors (Lipinski definition) is 15. The van der Waals surface area contributed by atoms with E-state index in [0.29, 0.717) is 12.3 Å². The van der Waals surface area contributed by atoms with Gasteiger partial charge in [-0.2, -0.15) is 13.6 Å². The minimum Gasteiger partial charge on any atom is -0.390 e. The van der Waals surface area contributed by atoms with Gasteiger partial charge < -0.3 is 46.2 Å². The van der Waals surface area contributed by atoms with Crippen molar-refractivity contribution >= 4 is 56.8 Å². The Morgan fingerprint density at radius 2 is 1.88 bits per heavy atom. The van der Waals surface area contributed by atoms with Crippen LogP contribution < -0.4 is 22.5 Å². The Morgan fingerprint density at radius 3 is 2.54 bits per heavy atom. The van der Waals surface area contributed by atoms with Crippen LogP contribution in [0.3, 0.4) is 0 Å². The largest absolute Gasteiger partial charge is 0.490 e. The maximum absolute atomic E-state index is 12.4. The predicted molar refractivity (Wildman–Crippen MR) is 146 cm³/mol. The van der Waals surface area contributed by atoms with Crippen molar-refractivity contribution in [2.24, 2.45) is 5.73 Å². The molecule has 2 heterocycles. The van der Waals surface area contributed by atoms with Crippen molar-refractivity contribution in [2.45, 2.75) is 31.3 Å². The Bertz CT molecular complexity index is 1330. The van der Waals surface area contributed by atoms with E-state index in [9.17, 15) is 38.2 Å². The zero-order valence-electron chi connectivity index (χ0n) is 20.9. The Balaban J connectivity index is 1.97. The van der Waals surface area contributed by atoms with Crippen LogP contribution in [0.15, 0.2) is 11.0 Å².